The molecule has 9 heteroatoms. The lowest BCUT2D eigenvalue weighted by Gasteiger charge is -2.29. The molecule has 3 aliphatic heterocycles. The molecule has 7 nitrogen and oxygen atoms in total. The fraction of sp³-hybridized carbons (Fsp3) is 0.571. The van der Waals surface area contributed by atoms with E-state index in [0.29, 0.717) is 38.0 Å². The standard InChI is InChI=1S/C21H24F2N4O3/c22-21(23)15-4-2-13(25-18(15)21)9-24-8-11-1-3-14-12(7-11)10-27(20(14)30)16-5-6-17(28)26-19(16)29/h1,3,7,13,15-16,18,24-25H,2,4-6,8-10H2,(H,26,28,29)/t13-,15?,16?,18?/m0/s1. The summed E-state index contributed by atoms with van der Waals surface area (Å²) in [5, 5.41) is 8.66. The SMILES string of the molecule is O=C1CCC(N2Cc3cc(CNC[C@@H]4CCC5C(N4)C5(F)F)ccc3C2=O)C(=O)N1. The smallest absolute Gasteiger partial charge is 0.268 e. The number of nitrogens with zero attached hydrogens (tertiary/aromatic N) is 1. The molecule has 3 N–H and O–H groups in total. The van der Waals surface area contributed by atoms with Crippen LogP contribution >= 0.6 is 0 Å². The van der Waals surface area contributed by atoms with Gasteiger partial charge in [-0.1, -0.05) is 12.1 Å². The predicted molar refractivity (Wildman–Crippen MR) is 103 cm³/mol. The molecule has 4 atom stereocenters. The number of hydrogen-bond donors (Lipinski definition) is 3. The zero-order valence-corrected chi connectivity index (χ0v) is 16.4. The fourth-order valence-corrected chi connectivity index (χ4v) is 4.98. The summed E-state index contributed by atoms with van der Waals surface area (Å²) < 4.78 is 26.9. The molecule has 3 unspecified atom stereocenters. The van der Waals surface area contributed by atoms with E-state index in [0.717, 1.165) is 17.5 Å². The second-order valence-corrected chi connectivity index (χ2v) is 8.72. The molecule has 0 aromatic heterocycles. The van der Waals surface area contributed by atoms with Crippen molar-refractivity contribution in [3.8, 4) is 0 Å². The number of rotatable bonds is 5. The van der Waals surface area contributed by atoms with Gasteiger partial charge in [-0.15, -0.1) is 0 Å². The van der Waals surface area contributed by atoms with Crippen LogP contribution < -0.4 is 16.0 Å². The Morgan fingerprint density at radius 1 is 1.17 bits per heavy atom. The van der Waals surface area contributed by atoms with Crippen molar-refractivity contribution < 1.29 is 23.2 Å². The highest BCUT2D eigenvalue weighted by Gasteiger charge is 2.69. The Balaban J connectivity index is 1.17. The zero-order chi connectivity index (χ0) is 21.0. The molecule has 5 rings (SSSR count). The molecule has 1 aliphatic carbocycles. The number of halogens is 2. The minimum Gasteiger partial charge on any atom is -0.322 e. The van der Waals surface area contributed by atoms with Crippen LogP contribution in [0.25, 0.3) is 0 Å². The average molecular weight is 418 g/mol. The molecule has 1 aromatic carbocycles. The first-order chi connectivity index (χ1) is 14.3. The van der Waals surface area contributed by atoms with Crippen LogP contribution in [0.3, 0.4) is 0 Å². The van der Waals surface area contributed by atoms with Crippen molar-refractivity contribution in [1.82, 2.24) is 20.9 Å². The molecule has 2 saturated heterocycles. The maximum Gasteiger partial charge on any atom is 0.268 e. The molecule has 0 spiro atoms. The minimum absolute atomic E-state index is 0.0404. The van der Waals surface area contributed by atoms with E-state index in [2.05, 4.69) is 16.0 Å². The van der Waals surface area contributed by atoms with E-state index < -0.39 is 29.8 Å². The summed E-state index contributed by atoms with van der Waals surface area (Å²) in [5.74, 6) is -3.95. The first kappa shape index (κ1) is 19.6. The second kappa shape index (κ2) is 7.09. The predicted octanol–water partition coefficient (Wildman–Crippen LogP) is 0.923. The Labute approximate surface area is 172 Å². The number of nitrogens with one attached hydrogen (secondary N) is 3. The molecule has 3 fully saturated rings. The third kappa shape index (κ3) is 3.30. The second-order valence-electron chi connectivity index (χ2n) is 8.72. The van der Waals surface area contributed by atoms with Crippen molar-refractivity contribution >= 4 is 17.7 Å². The third-order valence-corrected chi connectivity index (χ3v) is 6.75. The van der Waals surface area contributed by atoms with E-state index in [1.165, 1.54) is 4.90 Å². The van der Waals surface area contributed by atoms with Crippen LogP contribution in [0.15, 0.2) is 18.2 Å². The summed E-state index contributed by atoms with van der Waals surface area (Å²) >= 11 is 0. The van der Waals surface area contributed by atoms with Crippen LogP contribution in [0.4, 0.5) is 8.78 Å². The first-order valence-electron chi connectivity index (χ1n) is 10.5. The van der Waals surface area contributed by atoms with E-state index in [1.54, 1.807) is 6.07 Å². The van der Waals surface area contributed by atoms with Gasteiger partial charge in [0.25, 0.3) is 11.8 Å². The van der Waals surface area contributed by atoms with Gasteiger partial charge >= 0.3 is 0 Å². The summed E-state index contributed by atoms with van der Waals surface area (Å²) in [4.78, 5) is 37.7. The quantitative estimate of drug-likeness (QED) is 0.619. The largest absolute Gasteiger partial charge is 0.322 e. The van der Waals surface area contributed by atoms with Crippen molar-refractivity contribution in [2.75, 3.05) is 6.54 Å². The van der Waals surface area contributed by atoms with Gasteiger partial charge in [-0.25, -0.2) is 8.78 Å². The minimum atomic E-state index is -2.55. The van der Waals surface area contributed by atoms with Gasteiger partial charge in [-0.2, -0.15) is 0 Å². The van der Waals surface area contributed by atoms with Crippen molar-refractivity contribution in [2.45, 2.75) is 62.8 Å². The van der Waals surface area contributed by atoms with Crippen LogP contribution in [-0.2, 0) is 22.7 Å². The van der Waals surface area contributed by atoms with Crippen molar-refractivity contribution in [3.05, 3.63) is 34.9 Å². The highest BCUT2D eigenvalue weighted by molar-refractivity contribution is 6.05. The van der Waals surface area contributed by atoms with Crippen LogP contribution in [0.1, 0.15) is 47.2 Å². The van der Waals surface area contributed by atoms with Gasteiger partial charge in [0.2, 0.25) is 11.8 Å². The number of hydrogen-bond acceptors (Lipinski definition) is 5. The lowest BCUT2D eigenvalue weighted by Crippen LogP contribution is -2.52. The Morgan fingerprint density at radius 2 is 2.00 bits per heavy atom. The molecule has 1 saturated carbocycles. The zero-order valence-electron chi connectivity index (χ0n) is 16.4. The molecule has 0 bridgehead atoms. The molecule has 3 amide bonds. The molecule has 160 valence electrons. The maximum atomic E-state index is 13.5. The van der Waals surface area contributed by atoms with Crippen LogP contribution in [-0.4, -0.2) is 53.2 Å². The van der Waals surface area contributed by atoms with Crippen LogP contribution in [0.2, 0.25) is 0 Å². The van der Waals surface area contributed by atoms with E-state index in [4.69, 9.17) is 0 Å². The van der Waals surface area contributed by atoms with Crippen molar-refractivity contribution in [3.63, 3.8) is 0 Å². The number of imide groups is 1. The molecule has 3 heterocycles. The Bertz CT molecular complexity index is 922. The topological polar surface area (TPSA) is 90.5 Å². The summed E-state index contributed by atoms with van der Waals surface area (Å²) in [6.45, 7) is 1.52. The maximum absolute atomic E-state index is 13.5. The monoisotopic (exact) mass is 418 g/mol. The van der Waals surface area contributed by atoms with Crippen molar-refractivity contribution in [2.24, 2.45) is 5.92 Å². The highest BCUT2D eigenvalue weighted by atomic mass is 19.3. The molecule has 30 heavy (non-hydrogen) atoms. The lowest BCUT2D eigenvalue weighted by atomic mass is 10.0. The average Bonchev–Trinajstić information content (AvgIpc) is 3.09. The van der Waals surface area contributed by atoms with E-state index >= 15 is 0 Å². The number of amides is 3. The summed E-state index contributed by atoms with van der Waals surface area (Å²) in [6.07, 6.45) is 1.88. The van der Waals surface area contributed by atoms with Crippen molar-refractivity contribution in [1.29, 1.82) is 0 Å². The van der Waals surface area contributed by atoms with Gasteiger partial charge < -0.3 is 15.5 Å². The summed E-state index contributed by atoms with van der Waals surface area (Å²) in [6, 6.07) is 4.35. The summed E-state index contributed by atoms with van der Waals surface area (Å²) in [7, 11) is 0. The molecular formula is C21H24F2N4O3. The van der Waals surface area contributed by atoms with Gasteiger partial charge in [0.15, 0.2) is 0 Å². The van der Waals surface area contributed by atoms with E-state index in [-0.39, 0.29) is 24.3 Å². The Hall–Kier alpha value is -2.39. The molecular weight excluding hydrogens is 394 g/mol. The number of benzene rings is 1. The van der Waals surface area contributed by atoms with Gasteiger partial charge in [0.1, 0.15) is 6.04 Å². The van der Waals surface area contributed by atoms with Gasteiger partial charge in [0.05, 0.1) is 6.04 Å². The number of alkyl halides is 2. The number of piperidine rings is 2. The lowest BCUT2D eigenvalue weighted by molar-refractivity contribution is -0.136. The van der Waals surface area contributed by atoms with Gasteiger partial charge in [0, 0.05) is 43.6 Å². The normalized spacial score (nSPS) is 31.9. The number of fused-ring (bicyclic) bond motifs is 2. The fourth-order valence-electron chi connectivity index (χ4n) is 4.98. The van der Waals surface area contributed by atoms with E-state index in [9.17, 15) is 23.2 Å². The first-order valence-corrected chi connectivity index (χ1v) is 10.5. The molecule has 4 aliphatic rings. The van der Waals surface area contributed by atoms with Crippen LogP contribution in [0.5, 0.6) is 0 Å². The summed E-state index contributed by atoms with van der Waals surface area (Å²) in [5.41, 5.74) is 2.44. The molecule has 1 aromatic rings. The number of carbonyl (C=O) groups excluding carboxylic acids is 3. The Morgan fingerprint density at radius 3 is 2.77 bits per heavy atom. The van der Waals surface area contributed by atoms with Crippen LogP contribution in [0, 0.1) is 5.92 Å². The third-order valence-electron chi connectivity index (χ3n) is 6.75. The van der Waals surface area contributed by atoms with Gasteiger partial charge in [-0.05, 0) is 36.5 Å². The molecule has 0 radical (unpaired) electrons. The highest BCUT2D eigenvalue weighted by Crippen LogP contribution is 2.53. The van der Waals surface area contributed by atoms with Gasteiger partial charge in [-0.3, -0.25) is 19.7 Å². The van der Waals surface area contributed by atoms with E-state index in [1.807, 2.05) is 12.1 Å². The Kier molecular flexibility index (Phi) is 4.62. The number of carbonyl (C=O) groups is 3.